The third kappa shape index (κ3) is 3.32. The van der Waals surface area contributed by atoms with Crippen molar-refractivity contribution in [3.63, 3.8) is 0 Å². The van der Waals surface area contributed by atoms with Gasteiger partial charge in [0.15, 0.2) is 17.3 Å². The number of allylic oxidation sites excluding steroid dienone is 1. The maximum absolute atomic E-state index is 13.7. The molecule has 2 rings (SSSR count). The number of nitrogen functional groups attached to an aromatic ring is 1. The van der Waals surface area contributed by atoms with Gasteiger partial charge in [0.25, 0.3) is 0 Å². The first-order valence-electron chi connectivity index (χ1n) is 6.67. The Morgan fingerprint density at radius 3 is 2.54 bits per heavy atom. The fourth-order valence-electron chi connectivity index (χ4n) is 1.99. The van der Waals surface area contributed by atoms with Crippen LogP contribution in [0.3, 0.4) is 0 Å². The van der Waals surface area contributed by atoms with Crippen LogP contribution in [0, 0.1) is 15.9 Å². The summed E-state index contributed by atoms with van der Waals surface area (Å²) >= 11 is 0. The third-order valence-electron chi connectivity index (χ3n) is 3.25. The summed E-state index contributed by atoms with van der Waals surface area (Å²) in [5.41, 5.74) is 3.47. The van der Waals surface area contributed by atoms with Gasteiger partial charge in [-0.15, -0.1) is 0 Å². The highest BCUT2D eigenvalue weighted by Gasteiger charge is 2.27. The molecule has 8 heteroatoms. The van der Waals surface area contributed by atoms with Gasteiger partial charge >= 0.3 is 5.69 Å². The van der Waals surface area contributed by atoms with Crippen LogP contribution < -0.4 is 10.5 Å². The molecule has 0 radical (unpaired) electrons. The highest BCUT2D eigenvalue weighted by Crippen LogP contribution is 2.37. The minimum Gasteiger partial charge on any atom is -0.502 e. The number of ether oxygens (including phenoxy) is 1. The van der Waals surface area contributed by atoms with Gasteiger partial charge in [-0.1, -0.05) is 18.2 Å². The van der Waals surface area contributed by atoms with Gasteiger partial charge in [-0.05, 0) is 29.8 Å². The fourth-order valence-corrected chi connectivity index (χ4v) is 1.99. The predicted molar refractivity (Wildman–Crippen MR) is 85.5 cm³/mol. The molecule has 124 valence electrons. The second-order valence-electron chi connectivity index (χ2n) is 4.74. The van der Waals surface area contributed by atoms with Gasteiger partial charge in [0, 0.05) is 0 Å². The average molecular weight is 332 g/mol. The van der Waals surface area contributed by atoms with E-state index in [1.54, 1.807) is 24.3 Å². The molecule has 0 aliphatic rings. The summed E-state index contributed by atoms with van der Waals surface area (Å²) in [6, 6.07) is 7.37. The number of nitrogens with two attached hydrogens (primary N) is 1. The Morgan fingerprint density at radius 1 is 1.38 bits per heavy atom. The fraction of sp³-hybridized carbons (Fsp3) is 0.0625. The highest BCUT2D eigenvalue weighted by atomic mass is 19.1. The van der Waals surface area contributed by atoms with E-state index in [2.05, 4.69) is 0 Å². The monoisotopic (exact) mass is 332 g/mol. The summed E-state index contributed by atoms with van der Waals surface area (Å²) in [5.74, 6) is -2.29. The zero-order valence-corrected chi connectivity index (χ0v) is 12.5. The van der Waals surface area contributed by atoms with Crippen LogP contribution in [0.15, 0.2) is 36.4 Å². The molecule has 0 spiro atoms. The third-order valence-corrected chi connectivity index (χ3v) is 3.25. The molecule has 0 saturated heterocycles. The maximum Gasteiger partial charge on any atom is 0.337 e. The number of anilines is 1. The lowest BCUT2D eigenvalue weighted by molar-refractivity contribution is -0.385. The number of nitrogens with zero attached hydrogens (tertiary/aromatic N) is 1. The number of hydrogen-bond acceptors (Lipinski definition) is 6. The molecule has 0 heterocycles. The van der Waals surface area contributed by atoms with Crippen LogP contribution in [0.2, 0.25) is 0 Å². The molecule has 0 aliphatic heterocycles. The number of nitro groups is 1. The first-order chi connectivity index (χ1) is 11.3. The van der Waals surface area contributed by atoms with Crippen LogP contribution in [-0.2, 0) is 0 Å². The van der Waals surface area contributed by atoms with Crippen molar-refractivity contribution in [1.82, 2.24) is 0 Å². The van der Waals surface area contributed by atoms with Gasteiger partial charge in [0.05, 0.1) is 17.6 Å². The molecule has 3 N–H and O–H groups in total. The lowest BCUT2D eigenvalue weighted by Crippen LogP contribution is -2.04. The van der Waals surface area contributed by atoms with Crippen LogP contribution in [0.5, 0.6) is 11.5 Å². The summed E-state index contributed by atoms with van der Waals surface area (Å²) in [5, 5.41) is 20.7. The number of phenolic OH excluding ortho intramolecular Hbond substituents is 1. The van der Waals surface area contributed by atoms with Crippen molar-refractivity contribution in [2.45, 2.75) is 0 Å². The van der Waals surface area contributed by atoms with Crippen molar-refractivity contribution in [3.05, 3.63) is 63.5 Å². The van der Waals surface area contributed by atoms with E-state index >= 15 is 0 Å². The topological polar surface area (TPSA) is 116 Å². The number of phenols is 1. The number of nitro benzene ring substituents is 1. The van der Waals surface area contributed by atoms with Gasteiger partial charge < -0.3 is 15.6 Å². The van der Waals surface area contributed by atoms with Crippen molar-refractivity contribution in [3.8, 4) is 11.5 Å². The molecule has 0 aromatic heterocycles. The van der Waals surface area contributed by atoms with E-state index in [0.29, 0.717) is 17.4 Å². The number of rotatable bonds is 5. The first kappa shape index (κ1) is 16.9. The number of halogens is 1. The quantitative estimate of drug-likeness (QED) is 0.286. The number of benzene rings is 2. The Kier molecular flexibility index (Phi) is 4.78. The molecule has 2 aromatic rings. The minimum absolute atomic E-state index is 0.543. The first-order valence-corrected chi connectivity index (χ1v) is 6.67. The molecular formula is C16H13FN2O5. The molecule has 0 amide bonds. The number of ketones is 1. The summed E-state index contributed by atoms with van der Waals surface area (Å²) in [4.78, 5) is 21.9. The number of methoxy groups -OCH3 is 1. The van der Waals surface area contributed by atoms with Crippen LogP contribution >= 0.6 is 0 Å². The molecule has 7 nitrogen and oxygen atoms in total. The molecule has 0 saturated carbocycles. The normalized spacial score (nSPS) is 10.8. The molecule has 0 unspecified atom stereocenters. The SMILES string of the molecule is COc1ccc(/C=C/C(=O)c2cc(F)c(N)c([N+](=O)[O-])c2O)cc1. The van der Waals surface area contributed by atoms with Crippen molar-refractivity contribution in [1.29, 1.82) is 0 Å². The standard InChI is InChI=1S/C16H13FN2O5/c1-24-10-5-2-9(3-6-10)4-7-13(20)11-8-12(17)14(18)15(16(11)21)19(22)23/h2-8,21H,18H2,1H3/b7-4+. The minimum atomic E-state index is -1.15. The number of aromatic hydroxyl groups is 1. The van der Waals surface area contributed by atoms with Crippen LogP contribution in [0.1, 0.15) is 15.9 Å². The van der Waals surface area contributed by atoms with Crippen molar-refractivity contribution in [2.75, 3.05) is 12.8 Å². The van der Waals surface area contributed by atoms with Crippen LogP contribution in [0.25, 0.3) is 6.08 Å². The Balaban J connectivity index is 2.35. The summed E-state index contributed by atoms with van der Waals surface area (Å²) in [6.07, 6.45) is 2.48. The smallest absolute Gasteiger partial charge is 0.337 e. The Morgan fingerprint density at radius 2 is 2.00 bits per heavy atom. The lowest BCUT2D eigenvalue weighted by Gasteiger charge is -2.05. The summed E-state index contributed by atoms with van der Waals surface area (Å²) in [7, 11) is 1.51. The Hall–Kier alpha value is -3.42. The lowest BCUT2D eigenvalue weighted by atomic mass is 10.1. The van der Waals surface area contributed by atoms with Crippen LogP contribution in [0.4, 0.5) is 15.8 Å². The van der Waals surface area contributed by atoms with E-state index in [0.717, 1.165) is 6.08 Å². The Bertz CT molecular complexity index is 831. The average Bonchev–Trinajstić information content (AvgIpc) is 2.56. The molecule has 0 bridgehead atoms. The molecule has 0 atom stereocenters. The van der Waals surface area contributed by atoms with E-state index < -0.39 is 39.2 Å². The van der Waals surface area contributed by atoms with Gasteiger partial charge in [-0.25, -0.2) is 4.39 Å². The Labute approximate surface area is 135 Å². The zero-order valence-electron chi connectivity index (χ0n) is 12.5. The van der Waals surface area contributed by atoms with Crippen LogP contribution in [-0.4, -0.2) is 22.9 Å². The molecule has 2 aromatic carbocycles. The molecule has 0 fully saturated rings. The highest BCUT2D eigenvalue weighted by molar-refractivity contribution is 6.09. The van der Waals surface area contributed by atoms with Crippen molar-refractivity contribution >= 4 is 23.2 Å². The number of carbonyl (C=O) groups is 1. The summed E-state index contributed by atoms with van der Waals surface area (Å²) in [6.45, 7) is 0. The number of carbonyl (C=O) groups excluding carboxylic acids is 1. The second-order valence-corrected chi connectivity index (χ2v) is 4.74. The van der Waals surface area contributed by atoms with Crippen molar-refractivity contribution in [2.24, 2.45) is 0 Å². The summed E-state index contributed by atoms with van der Waals surface area (Å²) < 4.78 is 18.7. The van der Waals surface area contributed by atoms with E-state index in [9.17, 15) is 24.4 Å². The van der Waals surface area contributed by atoms with Gasteiger partial charge in [-0.3, -0.25) is 14.9 Å². The van der Waals surface area contributed by atoms with Gasteiger partial charge in [0.2, 0.25) is 5.75 Å². The van der Waals surface area contributed by atoms with Crippen molar-refractivity contribution < 1.29 is 24.0 Å². The number of hydrogen-bond donors (Lipinski definition) is 2. The molecule has 0 aliphatic carbocycles. The van der Waals surface area contributed by atoms with E-state index in [1.807, 2.05) is 0 Å². The largest absolute Gasteiger partial charge is 0.502 e. The second kappa shape index (κ2) is 6.78. The molecular weight excluding hydrogens is 319 g/mol. The van der Waals surface area contributed by atoms with Gasteiger partial charge in [-0.2, -0.15) is 0 Å². The maximum atomic E-state index is 13.7. The van der Waals surface area contributed by atoms with Gasteiger partial charge in [0.1, 0.15) is 5.75 Å². The van der Waals surface area contributed by atoms with E-state index in [1.165, 1.54) is 13.2 Å². The molecule has 24 heavy (non-hydrogen) atoms. The predicted octanol–water partition coefficient (Wildman–Crippen LogP) is 2.93. The van der Waals surface area contributed by atoms with E-state index in [4.69, 9.17) is 10.5 Å². The van der Waals surface area contributed by atoms with E-state index in [-0.39, 0.29) is 0 Å². The zero-order chi connectivity index (χ0) is 17.9.